The molecule has 0 aliphatic carbocycles. The molecule has 0 bridgehead atoms. The van der Waals surface area contributed by atoms with E-state index in [-0.39, 0.29) is 16.7 Å². The Balaban J connectivity index is 2.87. The van der Waals surface area contributed by atoms with Gasteiger partial charge in [0, 0.05) is 11.1 Å². The standard InChI is InChI=1S/C15H17NO6/c1-15(2,3)22-14(21)16-7-12(18)11-6-9(8-17)4-5-10(11)13(19)20/h4-6,8H,7H2,1-3H3,(H,16,21)(H,19,20). The number of hydrogen-bond donors (Lipinski definition) is 2. The highest BCUT2D eigenvalue weighted by atomic mass is 16.6. The highest BCUT2D eigenvalue weighted by Crippen LogP contribution is 2.12. The molecule has 0 aliphatic heterocycles. The average Bonchev–Trinajstić information content (AvgIpc) is 2.42. The van der Waals surface area contributed by atoms with E-state index in [9.17, 15) is 19.2 Å². The van der Waals surface area contributed by atoms with Gasteiger partial charge in [-0.05, 0) is 32.9 Å². The second-order valence-corrected chi connectivity index (χ2v) is 5.51. The number of carbonyl (C=O) groups is 4. The molecule has 1 amide bonds. The van der Waals surface area contributed by atoms with Crippen molar-refractivity contribution in [1.29, 1.82) is 0 Å². The smallest absolute Gasteiger partial charge is 0.408 e. The summed E-state index contributed by atoms with van der Waals surface area (Å²) in [6.45, 7) is 4.58. The van der Waals surface area contributed by atoms with E-state index in [2.05, 4.69) is 5.32 Å². The van der Waals surface area contributed by atoms with E-state index in [1.807, 2.05) is 0 Å². The number of ketones is 1. The van der Waals surface area contributed by atoms with Gasteiger partial charge in [-0.2, -0.15) is 0 Å². The second-order valence-electron chi connectivity index (χ2n) is 5.51. The van der Waals surface area contributed by atoms with Crippen LogP contribution in [0.25, 0.3) is 0 Å². The number of carboxylic acid groups (broad SMARTS) is 1. The van der Waals surface area contributed by atoms with Crippen LogP contribution in [-0.4, -0.2) is 41.4 Å². The zero-order valence-corrected chi connectivity index (χ0v) is 12.5. The molecule has 118 valence electrons. The summed E-state index contributed by atoms with van der Waals surface area (Å²) >= 11 is 0. The van der Waals surface area contributed by atoms with Gasteiger partial charge in [-0.3, -0.25) is 9.59 Å². The van der Waals surface area contributed by atoms with Crippen molar-refractivity contribution in [2.24, 2.45) is 0 Å². The number of Topliss-reactive ketones (excluding diaryl/α,β-unsaturated/α-hetero) is 1. The molecule has 2 N–H and O–H groups in total. The number of rotatable bonds is 5. The van der Waals surface area contributed by atoms with Crippen LogP contribution in [0.15, 0.2) is 18.2 Å². The van der Waals surface area contributed by atoms with Gasteiger partial charge in [0.25, 0.3) is 0 Å². The molecular weight excluding hydrogens is 290 g/mol. The maximum atomic E-state index is 12.1. The van der Waals surface area contributed by atoms with E-state index < -0.39 is 30.0 Å². The number of benzene rings is 1. The number of amides is 1. The van der Waals surface area contributed by atoms with Gasteiger partial charge in [-0.25, -0.2) is 9.59 Å². The van der Waals surface area contributed by atoms with Crippen molar-refractivity contribution in [3.05, 3.63) is 34.9 Å². The van der Waals surface area contributed by atoms with Crippen LogP contribution in [0.1, 0.15) is 51.8 Å². The maximum Gasteiger partial charge on any atom is 0.408 e. The first kappa shape index (κ1) is 17.4. The van der Waals surface area contributed by atoms with Gasteiger partial charge >= 0.3 is 12.1 Å². The number of ether oxygens (including phenoxy) is 1. The number of hydrogen-bond acceptors (Lipinski definition) is 5. The number of aromatic carboxylic acids is 1. The van der Waals surface area contributed by atoms with Gasteiger partial charge < -0.3 is 15.2 Å². The highest BCUT2D eigenvalue weighted by molar-refractivity contribution is 6.08. The Bertz CT molecular complexity index is 615. The predicted molar refractivity (Wildman–Crippen MR) is 77.4 cm³/mol. The molecule has 0 aliphatic rings. The van der Waals surface area contributed by atoms with Crippen LogP contribution in [0, 0.1) is 0 Å². The molecule has 0 heterocycles. The van der Waals surface area contributed by atoms with Crippen LogP contribution in [-0.2, 0) is 4.74 Å². The second kappa shape index (κ2) is 6.84. The molecular formula is C15H17NO6. The fourth-order valence-electron chi connectivity index (χ4n) is 1.61. The molecule has 1 aromatic rings. The summed E-state index contributed by atoms with van der Waals surface area (Å²) in [5.74, 6) is -1.93. The van der Waals surface area contributed by atoms with Crippen molar-refractivity contribution >= 4 is 24.1 Å². The Hall–Kier alpha value is -2.70. The minimum atomic E-state index is -1.29. The molecule has 0 fully saturated rings. The zero-order chi connectivity index (χ0) is 16.9. The van der Waals surface area contributed by atoms with E-state index in [1.165, 1.54) is 18.2 Å². The molecule has 0 spiro atoms. The van der Waals surface area contributed by atoms with Crippen molar-refractivity contribution in [1.82, 2.24) is 5.32 Å². The van der Waals surface area contributed by atoms with Crippen LogP contribution < -0.4 is 5.32 Å². The first-order valence-corrected chi connectivity index (χ1v) is 6.46. The predicted octanol–water partition coefficient (Wildman–Crippen LogP) is 1.90. The minimum absolute atomic E-state index is 0.145. The molecule has 7 heteroatoms. The summed E-state index contributed by atoms with van der Waals surface area (Å²) < 4.78 is 4.97. The Kier molecular flexibility index (Phi) is 5.39. The van der Waals surface area contributed by atoms with Crippen LogP contribution in [0.5, 0.6) is 0 Å². The van der Waals surface area contributed by atoms with E-state index in [0.717, 1.165) is 0 Å². The van der Waals surface area contributed by atoms with E-state index in [4.69, 9.17) is 9.84 Å². The fourth-order valence-corrected chi connectivity index (χ4v) is 1.61. The van der Waals surface area contributed by atoms with Gasteiger partial charge in [0.1, 0.15) is 11.9 Å². The fraction of sp³-hybridized carbons (Fsp3) is 0.333. The number of aldehydes is 1. The third-order valence-corrected chi connectivity index (χ3v) is 2.50. The molecule has 1 aromatic carbocycles. The highest BCUT2D eigenvalue weighted by Gasteiger charge is 2.20. The van der Waals surface area contributed by atoms with Crippen molar-refractivity contribution in [3.63, 3.8) is 0 Å². The number of nitrogens with one attached hydrogen (secondary N) is 1. The van der Waals surface area contributed by atoms with Gasteiger partial charge in [0.15, 0.2) is 5.78 Å². The Morgan fingerprint density at radius 2 is 1.86 bits per heavy atom. The maximum absolute atomic E-state index is 12.1. The van der Waals surface area contributed by atoms with Crippen molar-refractivity contribution < 1.29 is 29.0 Å². The summed E-state index contributed by atoms with van der Waals surface area (Å²) in [7, 11) is 0. The monoisotopic (exact) mass is 307 g/mol. The lowest BCUT2D eigenvalue weighted by atomic mass is 10.0. The number of carbonyl (C=O) groups excluding carboxylic acids is 3. The van der Waals surface area contributed by atoms with Gasteiger partial charge in [0.05, 0.1) is 12.1 Å². The van der Waals surface area contributed by atoms with Crippen LogP contribution in [0.2, 0.25) is 0 Å². The van der Waals surface area contributed by atoms with Crippen molar-refractivity contribution in [2.45, 2.75) is 26.4 Å². The quantitative estimate of drug-likeness (QED) is 0.635. The van der Waals surface area contributed by atoms with Gasteiger partial charge in [-0.15, -0.1) is 0 Å². The van der Waals surface area contributed by atoms with Gasteiger partial charge in [-0.1, -0.05) is 6.07 Å². The lowest BCUT2D eigenvalue weighted by molar-refractivity contribution is 0.0520. The van der Waals surface area contributed by atoms with Crippen LogP contribution in [0.3, 0.4) is 0 Å². The molecule has 1 rings (SSSR count). The molecule has 22 heavy (non-hydrogen) atoms. The van der Waals surface area contributed by atoms with Crippen LogP contribution in [0.4, 0.5) is 4.79 Å². The van der Waals surface area contributed by atoms with Crippen molar-refractivity contribution in [2.75, 3.05) is 6.54 Å². The number of carboxylic acids is 1. The van der Waals surface area contributed by atoms with E-state index >= 15 is 0 Å². The third kappa shape index (κ3) is 5.01. The first-order chi connectivity index (χ1) is 10.1. The van der Waals surface area contributed by atoms with Crippen molar-refractivity contribution in [3.8, 4) is 0 Å². The summed E-state index contributed by atoms with van der Waals surface area (Å²) in [6.07, 6.45) is -0.284. The number of alkyl carbamates (subject to hydrolysis) is 1. The summed E-state index contributed by atoms with van der Waals surface area (Å²) in [5.41, 5.74) is -0.920. The molecule has 7 nitrogen and oxygen atoms in total. The zero-order valence-electron chi connectivity index (χ0n) is 12.5. The lowest BCUT2D eigenvalue weighted by Crippen LogP contribution is -2.35. The SMILES string of the molecule is CC(C)(C)OC(=O)NCC(=O)c1cc(C=O)ccc1C(=O)O. The Labute approximate surface area is 127 Å². The lowest BCUT2D eigenvalue weighted by Gasteiger charge is -2.19. The minimum Gasteiger partial charge on any atom is -0.478 e. The van der Waals surface area contributed by atoms with Crippen LogP contribution >= 0.6 is 0 Å². The molecule has 0 saturated carbocycles. The molecule has 0 atom stereocenters. The van der Waals surface area contributed by atoms with Gasteiger partial charge in [0.2, 0.25) is 0 Å². The average molecular weight is 307 g/mol. The summed E-state index contributed by atoms with van der Waals surface area (Å²) in [6, 6.07) is 3.65. The Morgan fingerprint density at radius 1 is 1.23 bits per heavy atom. The first-order valence-electron chi connectivity index (χ1n) is 6.46. The summed E-state index contributed by atoms with van der Waals surface area (Å²) in [4.78, 5) is 45.4. The normalized spacial score (nSPS) is 10.7. The largest absolute Gasteiger partial charge is 0.478 e. The summed E-state index contributed by atoms with van der Waals surface area (Å²) in [5, 5.41) is 11.3. The molecule has 0 unspecified atom stereocenters. The van der Waals surface area contributed by atoms with E-state index in [1.54, 1.807) is 20.8 Å². The van der Waals surface area contributed by atoms with E-state index in [0.29, 0.717) is 6.29 Å². The molecule has 0 aromatic heterocycles. The topological polar surface area (TPSA) is 110 Å². The third-order valence-electron chi connectivity index (χ3n) is 2.50. The molecule has 0 radical (unpaired) electrons. The Morgan fingerprint density at radius 3 is 2.36 bits per heavy atom. The molecule has 0 saturated heterocycles.